The number of halogens is 1. The van der Waals surface area contributed by atoms with Gasteiger partial charge in [0.05, 0.1) is 18.0 Å². The van der Waals surface area contributed by atoms with Crippen molar-refractivity contribution in [3.8, 4) is 0 Å². The van der Waals surface area contributed by atoms with Gasteiger partial charge in [-0.15, -0.1) is 10.2 Å². The van der Waals surface area contributed by atoms with Crippen LogP contribution in [0.25, 0.3) is 6.08 Å². The first-order valence-electron chi connectivity index (χ1n) is 12.2. The monoisotopic (exact) mass is 479 g/mol. The van der Waals surface area contributed by atoms with Gasteiger partial charge in [-0.2, -0.15) is 15.0 Å². The molecule has 3 aliphatic rings. The van der Waals surface area contributed by atoms with E-state index in [1.807, 2.05) is 29.2 Å². The molecule has 0 N–H and O–H groups in total. The Hall–Kier alpha value is -2.87. The first-order valence-corrected chi connectivity index (χ1v) is 12.5. The molecule has 178 valence electrons. The van der Waals surface area contributed by atoms with Crippen LogP contribution in [0.4, 0.5) is 0 Å². The predicted octanol–water partition coefficient (Wildman–Crippen LogP) is 4.18. The molecule has 8 nitrogen and oxygen atoms in total. The Labute approximate surface area is 204 Å². The number of benzene rings is 1. The van der Waals surface area contributed by atoms with Crippen LogP contribution in [-0.4, -0.2) is 55.5 Å². The summed E-state index contributed by atoms with van der Waals surface area (Å²) in [6, 6.07) is 5.61. The van der Waals surface area contributed by atoms with Crippen LogP contribution in [0.15, 0.2) is 34.5 Å². The number of carbonyl (C=O) groups excluding carboxylic acids is 1. The number of tetrazole rings is 1. The number of carbonyl (C=O) groups is 1. The van der Waals surface area contributed by atoms with Gasteiger partial charge >= 0.3 is 0 Å². The average molecular weight is 480 g/mol. The van der Waals surface area contributed by atoms with E-state index in [1.165, 1.54) is 29.1 Å². The summed E-state index contributed by atoms with van der Waals surface area (Å²) in [6.07, 6.45) is 9.02. The van der Waals surface area contributed by atoms with Gasteiger partial charge < -0.3 is 4.90 Å². The standard InChI is InChI=1S/C25H30ClN7O/c1-3-22-24(18-4-5-18)28-29-25(22)19-10-12-32(13-11-19)23(34)9-7-17-6-8-21(26)14-20(17)15-33-30-16(2)27-31-33/h6-9,14,18-19,22H,3-5,10-13,15H2,1-2H3/b9-7+. The Morgan fingerprint density at radius 2 is 1.82 bits per heavy atom. The fourth-order valence-electron chi connectivity index (χ4n) is 5.01. The lowest BCUT2D eigenvalue weighted by atomic mass is 9.81. The largest absolute Gasteiger partial charge is 0.339 e. The molecule has 2 fully saturated rings. The van der Waals surface area contributed by atoms with E-state index in [2.05, 4.69) is 32.5 Å². The molecule has 1 aromatic heterocycles. The molecule has 3 heterocycles. The molecule has 1 saturated heterocycles. The summed E-state index contributed by atoms with van der Waals surface area (Å²) in [7, 11) is 0. The van der Waals surface area contributed by atoms with Crippen LogP contribution in [0, 0.1) is 24.7 Å². The highest BCUT2D eigenvalue weighted by Gasteiger charge is 2.40. The van der Waals surface area contributed by atoms with Gasteiger partial charge in [-0.1, -0.05) is 24.6 Å². The van der Waals surface area contributed by atoms with E-state index < -0.39 is 0 Å². The highest BCUT2D eigenvalue weighted by atomic mass is 35.5. The molecule has 1 atom stereocenters. The van der Waals surface area contributed by atoms with Crippen LogP contribution in [0.1, 0.15) is 56.0 Å². The Bertz CT molecular complexity index is 1160. The molecule has 1 unspecified atom stereocenters. The van der Waals surface area contributed by atoms with Crippen LogP contribution in [0.2, 0.25) is 5.02 Å². The summed E-state index contributed by atoms with van der Waals surface area (Å²) in [5.74, 6) is 2.16. The first-order chi connectivity index (χ1) is 16.5. The lowest BCUT2D eigenvalue weighted by Crippen LogP contribution is -2.41. The fraction of sp³-hybridized carbons (Fsp3) is 0.520. The summed E-state index contributed by atoms with van der Waals surface area (Å²) >= 11 is 6.21. The van der Waals surface area contributed by atoms with Crippen LogP contribution >= 0.6 is 11.6 Å². The number of nitrogens with zero attached hydrogens (tertiary/aromatic N) is 7. The molecule has 5 rings (SSSR count). The average Bonchev–Trinajstić information content (AvgIpc) is 3.46. The lowest BCUT2D eigenvalue weighted by molar-refractivity contribution is -0.127. The summed E-state index contributed by atoms with van der Waals surface area (Å²) in [6.45, 7) is 5.96. The maximum Gasteiger partial charge on any atom is 0.246 e. The van der Waals surface area contributed by atoms with Crippen molar-refractivity contribution >= 4 is 35.0 Å². The van der Waals surface area contributed by atoms with Crippen molar-refractivity contribution in [2.75, 3.05) is 13.1 Å². The molecule has 34 heavy (non-hydrogen) atoms. The summed E-state index contributed by atoms with van der Waals surface area (Å²) in [5, 5.41) is 22.0. The van der Waals surface area contributed by atoms with Crippen LogP contribution in [0.5, 0.6) is 0 Å². The second-order valence-corrected chi connectivity index (χ2v) is 9.86. The quantitative estimate of drug-likeness (QED) is 0.557. The number of piperidine rings is 1. The van der Waals surface area contributed by atoms with Gasteiger partial charge in [0.1, 0.15) is 0 Å². The zero-order chi connectivity index (χ0) is 23.7. The number of likely N-dealkylation sites (tertiary alicyclic amines) is 1. The second-order valence-electron chi connectivity index (χ2n) is 9.43. The van der Waals surface area contributed by atoms with Crippen molar-refractivity contribution in [1.82, 2.24) is 25.1 Å². The minimum Gasteiger partial charge on any atom is -0.339 e. The third kappa shape index (κ3) is 4.97. The molecule has 1 amide bonds. The van der Waals surface area contributed by atoms with Gasteiger partial charge in [0.15, 0.2) is 5.82 Å². The molecule has 2 aliphatic heterocycles. The van der Waals surface area contributed by atoms with Gasteiger partial charge in [-0.05, 0) is 79.5 Å². The fourth-order valence-corrected chi connectivity index (χ4v) is 5.21. The highest BCUT2D eigenvalue weighted by Crippen LogP contribution is 2.39. The van der Waals surface area contributed by atoms with Crippen molar-refractivity contribution in [3.63, 3.8) is 0 Å². The Morgan fingerprint density at radius 1 is 1.12 bits per heavy atom. The smallest absolute Gasteiger partial charge is 0.246 e. The second kappa shape index (κ2) is 9.78. The van der Waals surface area contributed by atoms with E-state index >= 15 is 0 Å². The highest BCUT2D eigenvalue weighted by molar-refractivity contribution is 6.30. The number of hydrogen-bond acceptors (Lipinski definition) is 6. The SMILES string of the molecule is CCC1C(C2CC2)=NN=C1C1CCN(C(=O)/C=C/c2ccc(Cl)cc2Cn2nnc(C)n2)CC1. The molecular formula is C25H30ClN7O. The molecule has 0 bridgehead atoms. The Morgan fingerprint density at radius 3 is 2.44 bits per heavy atom. The molecule has 9 heteroatoms. The van der Waals surface area contributed by atoms with Crippen LogP contribution < -0.4 is 0 Å². The minimum atomic E-state index is 0.0318. The van der Waals surface area contributed by atoms with Crippen LogP contribution in [0.3, 0.4) is 0 Å². The maximum atomic E-state index is 12.9. The zero-order valence-electron chi connectivity index (χ0n) is 19.7. The topological polar surface area (TPSA) is 88.6 Å². The third-order valence-corrected chi connectivity index (χ3v) is 7.23. The third-order valence-electron chi connectivity index (χ3n) is 7.00. The maximum absolute atomic E-state index is 12.9. The van der Waals surface area contributed by atoms with Gasteiger partial charge in [0.2, 0.25) is 5.91 Å². The lowest BCUT2D eigenvalue weighted by Gasteiger charge is -2.32. The molecular weight excluding hydrogens is 450 g/mol. The summed E-state index contributed by atoms with van der Waals surface area (Å²) in [5.41, 5.74) is 4.42. The molecule has 1 saturated carbocycles. The van der Waals surface area contributed by atoms with Crippen molar-refractivity contribution < 1.29 is 4.79 Å². The van der Waals surface area contributed by atoms with Crippen molar-refractivity contribution in [3.05, 3.63) is 46.2 Å². The molecule has 2 aromatic rings. The number of rotatable bonds is 7. The van der Waals surface area contributed by atoms with Crippen LogP contribution in [-0.2, 0) is 11.3 Å². The summed E-state index contributed by atoms with van der Waals surface area (Å²) in [4.78, 5) is 16.4. The van der Waals surface area contributed by atoms with Gasteiger partial charge in [0, 0.05) is 36.0 Å². The Balaban J connectivity index is 1.19. The number of aryl methyl sites for hydroxylation is 1. The zero-order valence-corrected chi connectivity index (χ0v) is 20.4. The summed E-state index contributed by atoms with van der Waals surface area (Å²) < 4.78 is 0. The molecule has 0 radical (unpaired) electrons. The normalized spacial score (nSPS) is 21.3. The molecule has 1 aliphatic carbocycles. The van der Waals surface area contributed by atoms with Gasteiger partial charge in [0.25, 0.3) is 0 Å². The van der Waals surface area contributed by atoms with Crippen molar-refractivity contribution in [1.29, 1.82) is 0 Å². The predicted molar refractivity (Wildman–Crippen MR) is 133 cm³/mol. The van der Waals surface area contributed by atoms with E-state index in [-0.39, 0.29) is 5.91 Å². The van der Waals surface area contributed by atoms with Gasteiger partial charge in [-0.3, -0.25) is 4.79 Å². The number of hydrogen-bond donors (Lipinski definition) is 0. The minimum absolute atomic E-state index is 0.0318. The number of amides is 1. The van der Waals surface area contributed by atoms with E-state index in [9.17, 15) is 4.79 Å². The first kappa shape index (κ1) is 22.9. The van der Waals surface area contributed by atoms with Crippen molar-refractivity contribution in [2.24, 2.45) is 28.0 Å². The molecule has 1 aromatic carbocycles. The van der Waals surface area contributed by atoms with E-state index in [1.54, 1.807) is 13.0 Å². The number of aromatic nitrogens is 4. The van der Waals surface area contributed by atoms with Gasteiger partial charge in [-0.25, -0.2) is 0 Å². The van der Waals surface area contributed by atoms with Crippen molar-refractivity contribution in [2.45, 2.75) is 52.5 Å². The van der Waals surface area contributed by atoms with E-state index in [0.29, 0.717) is 35.1 Å². The Kier molecular flexibility index (Phi) is 6.59. The van der Waals surface area contributed by atoms with E-state index in [0.717, 1.165) is 43.5 Å². The van der Waals surface area contributed by atoms with E-state index in [4.69, 9.17) is 11.6 Å². The molecule has 0 spiro atoms.